The van der Waals surface area contributed by atoms with Gasteiger partial charge in [-0.1, -0.05) is 18.2 Å². The molecular weight excluding hydrogens is 383 g/mol. The van der Waals surface area contributed by atoms with Crippen molar-refractivity contribution in [2.24, 2.45) is 4.99 Å². The van der Waals surface area contributed by atoms with Crippen molar-refractivity contribution in [2.45, 2.75) is 38.9 Å². The molecular formula is C23H31FN4O2. The third kappa shape index (κ3) is 6.35. The van der Waals surface area contributed by atoms with Crippen LogP contribution in [-0.4, -0.2) is 48.8 Å². The first-order chi connectivity index (χ1) is 14.6. The Balaban J connectivity index is 1.49. The molecule has 0 spiro atoms. The lowest BCUT2D eigenvalue weighted by Gasteiger charge is -2.33. The largest absolute Gasteiger partial charge is 0.508 e. The highest BCUT2D eigenvalue weighted by Crippen LogP contribution is 2.20. The fraction of sp³-hybridized carbons (Fsp3) is 0.435. The standard InChI is InChI=1S/C23H31FN4O2/c1-3-25-23(26-15-17-4-7-20(29)8-5-17)27-19-10-12-28(13-11-19)16-18-6-9-22(30-2)21(24)14-18/h4-9,14,19,29H,3,10-13,15-16H2,1-2H3,(H2,25,26,27). The van der Waals surface area contributed by atoms with Gasteiger partial charge in [0.2, 0.25) is 0 Å². The normalized spacial score (nSPS) is 15.8. The number of phenolic OH excluding ortho intramolecular Hbond substituents is 1. The number of phenols is 1. The van der Waals surface area contributed by atoms with Gasteiger partial charge in [-0.25, -0.2) is 9.38 Å². The Morgan fingerprint density at radius 3 is 2.50 bits per heavy atom. The first-order valence-electron chi connectivity index (χ1n) is 10.4. The first-order valence-corrected chi connectivity index (χ1v) is 10.4. The van der Waals surface area contributed by atoms with Crippen LogP contribution < -0.4 is 15.4 Å². The van der Waals surface area contributed by atoms with E-state index in [4.69, 9.17) is 4.74 Å². The van der Waals surface area contributed by atoms with Gasteiger partial charge in [-0.3, -0.25) is 4.90 Å². The van der Waals surface area contributed by atoms with Gasteiger partial charge in [0.15, 0.2) is 17.5 Å². The molecule has 0 amide bonds. The number of methoxy groups -OCH3 is 1. The number of hydrogen-bond donors (Lipinski definition) is 3. The van der Waals surface area contributed by atoms with E-state index in [0.717, 1.165) is 56.1 Å². The summed E-state index contributed by atoms with van der Waals surface area (Å²) in [7, 11) is 1.48. The molecule has 0 bridgehead atoms. The fourth-order valence-electron chi connectivity index (χ4n) is 3.59. The van der Waals surface area contributed by atoms with Crippen LogP contribution in [0, 0.1) is 5.82 Å². The molecule has 0 radical (unpaired) electrons. The minimum Gasteiger partial charge on any atom is -0.508 e. The van der Waals surface area contributed by atoms with E-state index < -0.39 is 0 Å². The van der Waals surface area contributed by atoms with Gasteiger partial charge < -0.3 is 20.5 Å². The zero-order chi connectivity index (χ0) is 21.3. The van der Waals surface area contributed by atoms with Crippen molar-refractivity contribution in [3.63, 3.8) is 0 Å². The molecule has 2 aromatic rings. The molecule has 7 heteroatoms. The number of nitrogens with zero attached hydrogens (tertiary/aromatic N) is 2. The van der Waals surface area contributed by atoms with Crippen LogP contribution in [0.25, 0.3) is 0 Å². The van der Waals surface area contributed by atoms with Gasteiger partial charge in [-0.2, -0.15) is 0 Å². The molecule has 6 nitrogen and oxygen atoms in total. The van der Waals surface area contributed by atoms with Gasteiger partial charge in [0.25, 0.3) is 0 Å². The van der Waals surface area contributed by atoms with Crippen molar-refractivity contribution >= 4 is 5.96 Å². The highest BCUT2D eigenvalue weighted by Gasteiger charge is 2.20. The second kappa shape index (κ2) is 10.8. The Morgan fingerprint density at radius 1 is 1.17 bits per heavy atom. The second-order valence-electron chi connectivity index (χ2n) is 7.53. The lowest BCUT2D eigenvalue weighted by molar-refractivity contribution is 0.198. The molecule has 1 saturated heterocycles. The zero-order valence-corrected chi connectivity index (χ0v) is 17.7. The summed E-state index contributed by atoms with van der Waals surface area (Å²) in [5, 5.41) is 16.2. The molecule has 0 aliphatic carbocycles. The van der Waals surface area contributed by atoms with Crippen LogP contribution in [0.2, 0.25) is 0 Å². The summed E-state index contributed by atoms with van der Waals surface area (Å²) in [5.41, 5.74) is 2.01. The molecule has 1 heterocycles. The molecule has 0 saturated carbocycles. The van der Waals surface area contributed by atoms with Crippen LogP contribution in [0.5, 0.6) is 11.5 Å². The van der Waals surface area contributed by atoms with Crippen molar-refractivity contribution in [3.8, 4) is 11.5 Å². The van der Waals surface area contributed by atoms with Crippen molar-refractivity contribution in [2.75, 3.05) is 26.7 Å². The summed E-state index contributed by atoms with van der Waals surface area (Å²) in [5.74, 6) is 1.04. The van der Waals surface area contributed by atoms with Crippen LogP contribution in [0.3, 0.4) is 0 Å². The van der Waals surface area contributed by atoms with Gasteiger partial charge in [0, 0.05) is 32.2 Å². The number of nitrogens with one attached hydrogen (secondary N) is 2. The number of halogens is 1. The average molecular weight is 415 g/mol. The third-order valence-electron chi connectivity index (χ3n) is 5.25. The number of aromatic hydroxyl groups is 1. The molecule has 1 aliphatic rings. The van der Waals surface area contributed by atoms with E-state index >= 15 is 0 Å². The number of ether oxygens (including phenoxy) is 1. The molecule has 1 fully saturated rings. The van der Waals surface area contributed by atoms with Crippen molar-refractivity contribution < 1.29 is 14.2 Å². The summed E-state index contributed by atoms with van der Waals surface area (Å²) in [4.78, 5) is 7.01. The van der Waals surface area contributed by atoms with E-state index in [0.29, 0.717) is 12.6 Å². The van der Waals surface area contributed by atoms with Crippen LogP contribution >= 0.6 is 0 Å². The Kier molecular flexibility index (Phi) is 7.90. The Morgan fingerprint density at radius 2 is 1.87 bits per heavy atom. The van der Waals surface area contributed by atoms with Crippen molar-refractivity contribution in [1.29, 1.82) is 0 Å². The summed E-state index contributed by atoms with van der Waals surface area (Å²) >= 11 is 0. The topological polar surface area (TPSA) is 69.1 Å². The van der Waals surface area contributed by atoms with Gasteiger partial charge in [-0.05, 0) is 55.2 Å². The van der Waals surface area contributed by atoms with Crippen LogP contribution in [0.15, 0.2) is 47.5 Å². The lowest BCUT2D eigenvalue weighted by atomic mass is 10.0. The Hall–Kier alpha value is -2.80. The molecule has 0 atom stereocenters. The molecule has 0 unspecified atom stereocenters. The molecule has 3 N–H and O–H groups in total. The maximum Gasteiger partial charge on any atom is 0.191 e. The summed E-state index contributed by atoms with van der Waals surface area (Å²) in [6.45, 7) is 6.03. The first kappa shape index (κ1) is 21.9. The Labute approximate surface area is 177 Å². The molecule has 3 rings (SSSR count). The maximum atomic E-state index is 13.9. The van der Waals surface area contributed by atoms with E-state index in [1.165, 1.54) is 7.11 Å². The van der Waals surface area contributed by atoms with Crippen LogP contribution in [0.4, 0.5) is 4.39 Å². The van der Waals surface area contributed by atoms with E-state index in [2.05, 4.69) is 20.5 Å². The molecule has 0 aromatic heterocycles. The number of hydrogen-bond acceptors (Lipinski definition) is 4. The van der Waals surface area contributed by atoms with Crippen LogP contribution in [-0.2, 0) is 13.1 Å². The number of benzene rings is 2. The third-order valence-corrected chi connectivity index (χ3v) is 5.25. The molecule has 1 aliphatic heterocycles. The zero-order valence-electron chi connectivity index (χ0n) is 17.7. The highest BCUT2D eigenvalue weighted by molar-refractivity contribution is 5.80. The summed E-state index contributed by atoms with van der Waals surface area (Å²) in [6, 6.07) is 12.6. The van der Waals surface area contributed by atoms with Gasteiger partial charge in [0.05, 0.1) is 13.7 Å². The van der Waals surface area contributed by atoms with E-state index in [1.807, 2.05) is 25.1 Å². The highest BCUT2D eigenvalue weighted by atomic mass is 19.1. The van der Waals surface area contributed by atoms with E-state index in [1.54, 1.807) is 24.3 Å². The van der Waals surface area contributed by atoms with Crippen molar-refractivity contribution in [3.05, 3.63) is 59.4 Å². The summed E-state index contributed by atoms with van der Waals surface area (Å²) in [6.07, 6.45) is 2.00. The predicted molar refractivity (Wildman–Crippen MR) is 117 cm³/mol. The lowest BCUT2D eigenvalue weighted by Crippen LogP contribution is -2.48. The quantitative estimate of drug-likeness (QED) is 0.479. The van der Waals surface area contributed by atoms with E-state index in [9.17, 15) is 9.50 Å². The Bertz CT molecular complexity index is 834. The number of rotatable bonds is 7. The minimum atomic E-state index is -0.313. The number of likely N-dealkylation sites (tertiary alicyclic amines) is 1. The second-order valence-corrected chi connectivity index (χ2v) is 7.53. The smallest absolute Gasteiger partial charge is 0.191 e. The van der Waals surface area contributed by atoms with Gasteiger partial charge in [-0.15, -0.1) is 0 Å². The van der Waals surface area contributed by atoms with Crippen molar-refractivity contribution in [1.82, 2.24) is 15.5 Å². The summed E-state index contributed by atoms with van der Waals surface area (Å²) < 4.78 is 18.9. The maximum absolute atomic E-state index is 13.9. The molecule has 162 valence electrons. The monoisotopic (exact) mass is 414 g/mol. The minimum absolute atomic E-state index is 0.261. The van der Waals surface area contributed by atoms with Crippen LogP contribution in [0.1, 0.15) is 30.9 Å². The fourth-order valence-corrected chi connectivity index (χ4v) is 3.59. The van der Waals surface area contributed by atoms with E-state index in [-0.39, 0.29) is 17.3 Å². The molecule has 2 aromatic carbocycles. The number of piperidine rings is 1. The SMILES string of the molecule is CCNC(=NCc1ccc(O)cc1)NC1CCN(Cc2ccc(OC)c(F)c2)CC1. The number of guanidine groups is 1. The number of aliphatic imine (C=N–C) groups is 1. The van der Waals surface area contributed by atoms with Gasteiger partial charge >= 0.3 is 0 Å². The molecule has 30 heavy (non-hydrogen) atoms. The predicted octanol–water partition coefficient (Wildman–Crippen LogP) is 3.26. The average Bonchev–Trinajstić information content (AvgIpc) is 2.75. The van der Waals surface area contributed by atoms with Gasteiger partial charge in [0.1, 0.15) is 5.75 Å².